The summed E-state index contributed by atoms with van der Waals surface area (Å²) in [4.78, 5) is 37.2. The first-order valence-electron chi connectivity index (χ1n) is 9.62. The zero-order valence-corrected chi connectivity index (χ0v) is 16.5. The topological polar surface area (TPSA) is 87.7 Å². The van der Waals surface area contributed by atoms with Crippen molar-refractivity contribution in [1.29, 1.82) is 0 Å². The maximum atomic E-state index is 13.1. The number of aromatic nitrogens is 2. The number of ether oxygens (including phenoxy) is 1. The molecule has 0 spiro atoms. The summed E-state index contributed by atoms with van der Waals surface area (Å²) >= 11 is 0. The van der Waals surface area contributed by atoms with Crippen molar-refractivity contribution >= 4 is 17.8 Å². The van der Waals surface area contributed by atoms with Gasteiger partial charge in [0.15, 0.2) is 5.82 Å². The van der Waals surface area contributed by atoms with Crippen LogP contribution in [0.1, 0.15) is 17.4 Å². The zero-order valence-electron chi connectivity index (χ0n) is 16.5. The van der Waals surface area contributed by atoms with Crippen molar-refractivity contribution in [2.24, 2.45) is 0 Å². The van der Waals surface area contributed by atoms with E-state index in [-0.39, 0.29) is 12.0 Å². The summed E-state index contributed by atoms with van der Waals surface area (Å²) < 4.78 is 5.03. The monoisotopic (exact) mass is 395 g/mol. The minimum Gasteiger partial charge on any atom is -0.450 e. The highest BCUT2D eigenvalue weighted by Gasteiger charge is 2.26. The number of rotatable bonds is 6. The number of piperazine rings is 1. The number of nitrogens with one attached hydrogen (secondary N) is 1. The molecule has 1 saturated heterocycles. The third-order valence-electron chi connectivity index (χ3n) is 4.50. The molecule has 0 aliphatic carbocycles. The molecular weight excluding hydrogens is 370 g/mol. The van der Waals surface area contributed by atoms with Crippen LogP contribution in [0, 0.1) is 0 Å². The van der Waals surface area contributed by atoms with Gasteiger partial charge in [-0.2, -0.15) is 0 Å². The maximum absolute atomic E-state index is 13.1. The van der Waals surface area contributed by atoms with Crippen LogP contribution in [0.3, 0.4) is 0 Å². The van der Waals surface area contributed by atoms with Crippen LogP contribution >= 0.6 is 0 Å². The second kappa shape index (κ2) is 9.68. The fourth-order valence-corrected chi connectivity index (χ4v) is 3.01. The van der Waals surface area contributed by atoms with E-state index in [0.717, 1.165) is 5.56 Å². The van der Waals surface area contributed by atoms with Gasteiger partial charge in [0.25, 0.3) is 5.91 Å². The van der Waals surface area contributed by atoms with Crippen LogP contribution in [0.2, 0.25) is 0 Å². The molecule has 0 bridgehead atoms. The van der Waals surface area contributed by atoms with Gasteiger partial charge in [0.1, 0.15) is 11.5 Å². The van der Waals surface area contributed by atoms with Crippen LogP contribution in [0.4, 0.5) is 10.6 Å². The van der Waals surface area contributed by atoms with Crippen molar-refractivity contribution in [3.63, 3.8) is 0 Å². The number of carbonyl (C=O) groups is 2. The minimum atomic E-state index is -0.344. The Morgan fingerprint density at radius 3 is 2.48 bits per heavy atom. The highest BCUT2D eigenvalue weighted by atomic mass is 16.6. The van der Waals surface area contributed by atoms with E-state index in [4.69, 9.17) is 4.74 Å². The predicted molar refractivity (Wildman–Crippen MR) is 111 cm³/mol. The first-order valence-corrected chi connectivity index (χ1v) is 9.62. The first kappa shape index (κ1) is 20.3. The number of nitrogens with zero attached hydrogens (tertiary/aromatic N) is 4. The lowest BCUT2D eigenvalue weighted by atomic mass is 10.2. The Kier molecular flexibility index (Phi) is 6.78. The van der Waals surface area contributed by atoms with E-state index in [1.165, 1.54) is 0 Å². The standard InChI is InChI=1S/C21H25N5O3/c1-3-10-22-18-15-17(23-19(24-18)16-8-6-5-7-9-16)20(27)25-11-13-26(14-12-25)21(28)29-4-2/h3,5-9,15H,1,4,10-14H2,2H3,(H,22,23,24). The van der Waals surface area contributed by atoms with Crippen molar-refractivity contribution in [1.82, 2.24) is 19.8 Å². The Morgan fingerprint density at radius 1 is 1.14 bits per heavy atom. The zero-order chi connectivity index (χ0) is 20.6. The van der Waals surface area contributed by atoms with Crippen LogP contribution in [-0.2, 0) is 4.74 Å². The summed E-state index contributed by atoms with van der Waals surface area (Å²) in [5.74, 6) is 0.857. The van der Waals surface area contributed by atoms with Crippen LogP contribution in [0.15, 0.2) is 49.1 Å². The Balaban J connectivity index is 1.79. The van der Waals surface area contributed by atoms with E-state index in [9.17, 15) is 9.59 Å². The van der Waals surface area contributed by atoms with E-state index in [1.807, 2.05) is 30.3 Å². The van der Waals surface area contributed by atoms with Crippen LogP contribution in [0.5, 0.6) is 0 Å². The average molecular weight is 395 g/mol. The molecular formula is C21H25N5O3. The van der Waals surface area contributed by atoms with Gasteiger partial charge in [-0.3, -0.25) is 4.79 Å². The average Bonchev–Trinajstić information content (AvgIpc) is 2.78. The molecule has 0 unspecified atom stereocenters. The number of hydrogen-bond acceptors (Lipinski definition) is 6. The Bertz CT molecular complexity index is 864. The van der Waals surface area contributed by atoms with E-state index < -0.39 is 0 Å². The third-order valence-corrected chi connectivity index (χ3v) is 4.50. The summed E-state index contributed by atoms with van der Waals surface area (Å²) in [5.41, 5.74) is 1.14. The summed E-state index contributed by atoms with van der Waals surface area (Å²) in [5, 5.41) is 3.13. The van der Waals surface area contributed by atoms with Crippen molar-refractivity contribution in [3.05, 3.63) is 54.7 Å². The highest BCUT2D eigenvalue weighted by molar-refractivity contribution is 5.93. The Hall–Kier alpha value is -3.42. The number of amides is 2. The van der Waals surface area contributed by atoms with Crippen LogP contribution < -0.4 is 5.32 Å². The predicted octanol–water partition coefficient (Wildman–Crippen LogP) is 2.66. The van der Waals surface area contributed by atoms with Gasteiger partial charge in [0.05, 0.1) is 6.61 Å². The van der Waals surface area contributed by atoms with Gasteiger partial charge in [-0.05, 0) is 6.92 Å². The van der Waals surface area contributed by atoms with Gasteiger partial charge in [-0.15, -0.1) is 6.58 Å². The first-order chi connectivity index (χ1) is 14.1. The second-order valence-electron chi connectivity index (χ2n) is 6.48. The third kappa shape index (κ3) is 5.10. The lowest BCUT2D eigenvalue weighted by Crippen LogP contribution is -2.50. The molecule has 0 saturated carbocycles. The Morgan fingerprint density at radius 2 is 1.83 bits per heavy atom. The minimum absolute atomic E-state index is 0.185. The smallest absolute Gasteiger partial charge is 0.409 e. The largest absolute Gasteiger partial charge is 0.450 e. The molecule has 29 heavy (non-hydrogen) atoms. The quantitative estimate of drug-likeness (QED) is 0.757. The van der Waals surface area contributed by atoms with Crippen molar-refractivity contribution in [3.8, 4) is 11.4 Å². The highest BCUT2D eigenvalue weighted by Crippen LogP contribution is 2.19. The van der Waals surface area contributed by atoms with Gasteiger partial charge in [0.2, 0.25) is 0 Å². The molecule has 2 heterocycles. The van der Waals surface area contributed by atoms with Gasteiger partial charge < -0.3 is 19.9 Å². The van der Waals surface area contributed by atoms with Gasteiger partial charge >= 0.3 is 6.09 Å². The molecule has 1 aromatic carbocycles. The second-order valence-corrected chi connectivity index (χ2v) is 6.48. The lowest BCUT2D eigenvalue weighted by molar-refractivity contribution is 0.0566. The fourth-order valence-electron chi connectivity index (χ4n) is 3.01. The molecule has 1 aromatic heterocycles. The molecule has 1 aliphatic rings. The van der Waals surface area contributed by atoms with Gasteiger partial charge in [0, 0.05) is 44.4 Å². The lowest BCUT2D eigenvalue weighted by Gasteiger charge is -2.33. The molecule has 8 nitrogen and oxygen atoms in total. The number of anilines is 1. The summed E-state index contributed by atoms with van der Waals surface area (Å²) in [7, 11) is 0. The molecule has 2 amide bonds. The molecule has 1 N–H and O–H groups in total. The van der Waals surface area contributed by atoms with Gasteiger partial charge in [-0.1, -0.05) is 36.4 Å². The van der Waals surface area contributed by atoms with Crippen molar-refractivity contribution in [2.45, 2.75) is 6.92 Å². The molecule has 1 aliphatic heterocycles. The molecule has 152 valence electrons. The molecule has 2 aromatic rings. The number of hydrogen-bond donors (Lipinski definition) is 1. The van der Waals surface area contributed by atoms with Crippen LogP contribution in [0.25, 0.3) is 11.4 Å². The number of carbonyl (C=O) groups excluding carboxylic acids is 2. The normalized spacial score (nSPS) is 13.7. The Labute approximate surface area is 170 Å². The molecule has 3 rings (SSSR count). The maximum Gasteiger partial charge on any atom is 0.409 e. The summed E-state index contributed by atoms with van der Waals surface area (Å²) in [6.45, 7) is 8.05. The van der Waals surface area contributed by atoms with E-state index in [1.54, 1.807) is 28.9 Å². The SMILES string of the molecule is C=CCNc1cc(C(=O)N2CCN(C(=O)OCC)CC2)nc(-c2ccccc2)n1. The van der Waals surface area contributed by atoms with E-state index in [0.29, 0.717) is 56.7 Å². The summed E-state index contributed by atoms with van der Waals surface area (Å²) in [6.07, 6.45) is 1.38. The molecule has 0 radical (unpaired) electrons. The van der Waals surface area contributed by atoms with E-state index in [2.05, 4.69) is 21.9 Å². The summed E-state index contributed by atoms with van der Waals surface area (Å²) in [6, 6.07) is 11.2. The van der Waals surface area contributed by atoms with E-state index >= 15 is 0 Å². The van der Waals surface area contributed by atoms with Crippen LogP contribution in [-0.4, -0.2) is 71.1 Å². The molecule has 8 heteroatoms. The fraction of sp³-hybridized carbons (Fsp3) is 0.333. The van der Waals surface area contributed by atoms with Crippen molar-refractivity contribution in [2.75, 3.05) is 44.6 Å². The van der Waals surface area contributed by atoms with Gasteiger partial charge in [-0.25, -0.2) is 14.8 Å². The molecule has 1 fully saturated rings. The van der Waals surface area contributed by atoms with Crippen molar-refractivity contribution < 1.29 is 14.3 Å². The molecule has 0 atom stereocenters. The number of benzene rings is 1.